The largest absolute Gasteiger partial charge is 0.370 e. The predicted octanol–water partition coefficient (Wildman–Crippen LogP) is 6.54. The highest BCUT2D eigenvalue weighted by Crippen LogP contribution is 2.48. The van der Waals surface area contributed by atoms with Crippen molar-refractivity contribution in [2.24, 2.45) is 27.6 Å². The van der Waals surface area contributed by atoms with E-state index in [1.165, 1.54) is 42.4 Å². The van der Waals surface area contributed by atoms with Crippen LogP contribution in [0.3, 0.4) is 0 Å². The zero-order chi connectivity index (χ0) is 36.0. The van der Waals surface area contributed by atoms with E-state index >= 15 is 0 Å². The normalized spacial score (nSPS) is 14.1. The maximum absolute atomic E-state index is 12.5. The molecule has 8 N–H and O–H groups in total. The smallest absolute Gasteiger partial charge is 0.354 e. The van der Waals surface area contributed by atoms with Gasteiger partial charge in [0.15, 0.2) is 5.96 Å². The van der Waals surface area contributed by atoms with Crippen LogP contribution in [0.4, 0.5) is 0 Å². The lowest BCUT2D eigenvalue weighted by Crippen LogP contribution is -2.23. The Morgan fingerprint density at radius 2 is 1.69 bits per heavy atom. The Labute approximate surface area is 293 Å². The molecule has 2 aromatic heterocycles. The van der Waals surface area contributed by atoms with Crippen LogP contribution >= 0.6 is 0 Å². The highest BCUT2D eigenvalue weighted by Gasteiger charge is 2.40. The summed E-state index contributed by atoms with van der Waals surface area (Å²) in [6.07, 6.45) is 7.81. The van der Waals surface area contributed by atoms with Gasteiger partial charge < -0.3 is 27.5 Å². The molecule has 1 saturated carbocycles. The monoisotopic (exact) mass is 668 g/mol. The Morgan fingerprint density at radius 1 is 1.00 bits per heavy atom. The maximum atomic E-state index is 12.5. The van der Waals surface area contributed by atoms with Gasteiger partial charge >= 0.3 is 5.69 Å². The molecule has 1 fully saturated rings. The number of aryl methyl sites for hydroxylation is 1. The molecule has 9 heteroatoms. The van der Waals surface area contributed by atoms with E-state index in [0.29, 0.717) is 23.5 Å². The minimum Gasteiger partial charge on any atom is -0.370 e. The predicted molar refractivity (Wildman–Crippen MR) is 206 cm³/mol. The van der Waals surface area contributed by atoms with Gasteiger partial charge in [-0.05, 0) is 102 Å². The lowest BCUT2D eigenvalue weighted by Gasteiger charge is -2.23. The fourth-order valence-electron chi connectivity index (χ4n) is 5.77. The average molecular weight is 669 g/mol. The van der Waals surface area contributed by atoms with Gasteiger partial charge in [-0.15, -0.1) is 0 Å². The molecule has 266 valence electrons. The van der Waals surface area contributed by atoms with Gasteiger partial charge in [-0.25, -0.2) is 4.79 Å². The molecule has 49 heavy (non-hydrogen) atoms. The van der Waals surface area contributed by atoms with Crippen LogP contribution < -0.4 is 28.2 Å². The number of aromatic amines is 1. The summed E-state index contributed by atoms with van der Waals surface area (Å²) in [5, 5.41) is 4.27. The molecular weight excluding hydrogens is 608 g/mol. The third-order valence-electron chi connectivity index (χ3n) is 9.55. The first-order valence-electron chi connectivity index (χ1n) is 17.8. The summed E-state index contributed by atoms with van der Waals surface area (Å²) in [6, 6.07) is 17.2. The zero-order valence-electron chi connectivity index (χ0n) is 31.1. The number of nitrogens with one attached hydrogen (secondary N) is 2. The van der Waals surface area contributed by atoms with E-state index in [-0.39, 0.29) is 22.5 Å². The fraction of sp³-hybridized carbons (Fsp3) is 0.525. The molecule has 0 aliphatic heterocycles. The third-order valence-corrected chi connectivity index (χ3v) is 9.55. The minimum atomic E-state index is -0.301. The molecule has 0 radical (unpaired) electrons. The number of hydrogen-bond acceptors (Lipinski definition) is 5. The molecule has 0 amide bonds. The summed E-state index contributed by atoms with van der Waals surface area (Å²) in [5.74, 6) is 0.721. The number of rotatable bonds is 12. The van der Waals surface area contributed by atoms with E-state index in [9.17, 15) is 4.79 Å². The maximum Gasteiger partial charge on any atom is 0.354 e. The fourth-order valence-corrected chi connectivity index (χ4v) is 5.77. The van der Waals surface area contributed by atoms with Crippen molar-refractivity contribution in [2.75, 3.05) is 19.6 Å². The van der Waals surface area contributed by atoms with Crippen LogP contribution in [0.15, 0.2) is 64.5 Å². The topological polar surface area (TPSA) is 153 Å². The number of benzene rings is 2. The molecule has 0 spiro atoms. The summed E-state index contributed by atoms with van der Waals surface area (Å²) >= 11 is 0. The first-order chi connectivity index (χ1) is 23.0. The van der Waals surface area contributed by atoms with Crippen LogP contribution in [0.25, 0.3) is 16.7 Å². The Hall–Kier alpha value is -3.95. The van der Waals surface area contributed by atoms with E-state index in [1.807, 2.05) is 30.5 Å². The second-order valence-corrected chi connectivity index (χ2v) is 16.2. The van der Waals surface area contributed by atoms with Gasteiger partial charge in [0.25, 0.3) is 0 Å². The lowest BCUT2D eigenvalue weighted by atomic mass is 9.82. The van der Waals surface area contributed by atoms with Crippen molar-refractivity contribution in [1.29, 1.82) is 0 Å². The average Bonchev–Trinajstić information content (AvgIpc) is 3.70. The standard InChI is InChI=1S/C21H29N7O.C19H31N/c1-21(2,3)17-11-15-13-28(20(29)27-18(15)26-17)16-7-5-14(6-8-16)12-24-9-4-10-25-19(22)23;1-14(2)16-10-15(6-7-19(13-20)8-9-19)11-17(12-16)18(3,4)5/h5-8,11,13,24H,4,9-10,12H2,1-3H3,(H4,22,23,25)(H,26,27,29);10-12,14H,6-9,13,20H2,1-5H3. The third kappa shape index (κ3) is 10.8. The summed E-state index contributed by atoms with van der Waals surface area (Å²) in [4.78, 5) is 23.9. The molecule has 0 saturated heterocycles. The van der Waals surface area contributed by atoms with Crippen molar-refractivity contribution < 1.29 is 0 Å². The highest BCUT2D eigenvalue weighted by atomic mass is 16.1. The van der Waals surface area contributed by atoms with Gasteiger partial charge in [0.1, 0.15) is 5.65 Å². The van der Waals surface area contributed by atoms with Crippen LogP contribution in [0.5, 0.6) is 0 Å². The van der Waals surface area contributed by atoms with E-state index in [4.69, 9.17) is 17.2 Å². The van der Waals surface area contributed by atoms with Crippen LogP contribution in [-0.4, -0.2) is 40.1 Å². The Morgan fingerprint density at radius 3 is 2.27 bits per heavy atom. The van der Waals surface area contributed by atoms with Crippen molar-refractivity contribution in [1.82, 2.24) is 19.9 Å². The number of hydrogen-bond donors (Lipinski definition) is 5. The van der Waals surface area contributed by atoms with Gasteiger partial charge in [0.2, 0.25) is 0 Å². The lowest BCUT2D eigenvalue weighted by molar-refractivity contribution is 0.478. The molecule has 0 bridgehead atoms. The quantitative estimate of drug-likeness (QED) is 0.0656. The number of guanidine groups is 1. The number of nitrogens with zero attached hydrogens (tertiary/aromatic N) is 3. The Balaban J connectivity index is 0.000000237. The van der Waals surface area contributed by atoms with Gasteiger partial charge in [0.05, 0.1) is 5.69 Å². The van der Waals surface area contributed by atoms with Crippen molar-refractivity contribution in [3.63, 3.8) is 0 Å². The second-order valence-electron chi connectivity index (χ2n) is 16.2. The van der Waals surface area contributed by atoms with Gasteiger partial charge in [-0.3, -0.25) is 9.56 Å². The van der Waals surface area contributed by atoms with E-state index in [2.05, 4.69) is 99.9 Å². The van der Waals surface area contributed by atoms with Crippen molar-refractivity contribution in [2.45, 2.75) is 111 Å². The molecule has 4 aromatic rings. The zero-order valence-corrected chi connectivity index (χ0v) is 31.1. The van der Waals surface area contributed by atoms with Gasteiger partial charge in [-0.1, -0.05) is 85.7 Å². The van der Waals surface area contributed by atoms with Crippen molar-refractivity contribution >= 4 is 17.0 Å². The SMILES string of the molecule is CC(C)(C)c1cc2cn(-c3ccc(CNCCCN=C(N)N)cc3)c(=O)nc2[nH]1.CC(C)c1cc(CCC2(CN)CC2)cc(C(C)(C)C)c1. The Kier molecular flexibility index (Phi) is 12.2. The highest BCUT2D eigenvalue weighted by molar-refractivity contribution is 5.76. The van der Waals surface area contributed by atoms with Gasteiger partial charge in [-0.2, -0.15) is 4.98 Å². The molecule has 9 nitrogen and oxygen atoms in total. The molecule has 2 heterocycles. The molecule has 5 rings (SSSR count). The van der Waals surface area contributed by atoms with Crippen LogP contribution in [0, 0.1) is 5.41 Å². The van der Waals surface area contributed by atoms with Crippen molar-refractivity contribution in [3.8, 4) is 5.69 Å². The summed E-state index contributed by atoms with van der Waals surface area (Å²) in [7, 11) is 0. The van der Waals surface area contributed by atoms with Gasteiger partial charge in [0, 0.05) is 35.8 Å². The van der Waals surface area contributed by atoms with Crippen molar-refractivity contribution in [3.05, 3.63) is 93.2 Å². The van der Waals surface area contributed by atoms with Crippen LogP contribution in [0.2, 0.25) is 0 Å². The Bertz CT molecular complexity index is 1760. The summed E-state index contributed by atoms with van der Waals surface area (Å²) in [5.41, 5.74) is 24.9. The molecule has 2 aromatic carbocycles. The van der Waals surface area contributed by atoms with E-state index < -0.39 is 0 Å². The minimum absolute atomic E-state index is 0.0352. The molecule has 1 aliphatic carbocycles. The second kappa shape index (κ2) is 15.7. The first kappa shape index (κ1) is 37.9. The van der Waals surface area contributed by atoms with Crippen LogP contribution in [-0.2, 0) is 23.8 Å². The summed E-state index contributed by atoms with van der Waals surface area (Å²) in [6.45, 7) is 20.9. The number of aromatic nitrogens is 3. The molecule has 0 unspecified atom stereocenters. The van der Waals surface area contributed by atoms with Crippen LogP contribution in [0.1, 0.15) is 115 Å². The van der Waals surface area contributed by atoms with E-state index in [1.54, 1.807) is 4.57 Å². The molecular formula is C40H60N8O. The number of nitrogens with two attached hydrogens (primary N) is 3. The molecule has 1 aliphatic rings. The number of fused-ring (bicyclic) bond motifs is 1. The van der Waals surface area contributed by atoms with E-state index in [0.717, 1.165) is 48.4 Å². The number of aliphatic imine (C=N–C) groups is 1. The first-order valence-corrected chi connectivity index (χ1v) is 17.8. The summed E-state index contributed by atoms with van der Waals surface area (Å²) < 4.78 is 1.58. The molecule has 0 atom stereocenters. The number of H-pyrrole nitrogens is 1.